The molecule has 86 valence electrons. The molecule has 1 aromatic rings. The van der Waals surface area contributed by atoms with E-state index in [-0.39, 0.29) is 5.97 Å². The number of nitrogens with two attached hydrogens (primary N) is 1. The minimum atomic E-state index is -0.250. The summed E-state index contributed by atoms with van der Waals surface area (Å²) < 4.78 is 5.25. The summed E-state index contributed by atoms with van der Waals surface area (Å²) in [5.41, 5.74) is 8.91. The fraction of sp³-hybridized carbons (Fsp3) is 0.462. The van der Waals surface area contributed by atoms with Gasteiger partial charge in [0.1, 0.15) is 0 Å². The highest BCUT2D eigenvalue weighted by Crippen LogP contribution is 2.29. The lowest BCUT2D eigenvalue weighted by molar-refractivity contribution is 0.0485. The van der Waals surface area contributed by atoms with Crippen molar-refractivity contribution in [3.63, 3.8) is 0 Å². The van der Waals surface area contributed by atoms with Gasteiger partial charge in [0.05, 0.1) is 12.2 Å². The van der Waals surface area contributed by atoms with Gasteiger partial charge < -0.3 is 10.5 Å². The zero-order valence-electron chi connectivity index (χ0n) is 9.75. The summed E-state index contributed by atoms with van der Waals surface area (Å²) in [4.78, 5) is 11.8. The van der Waals surface area contributed by atoms with E-state index in [9.17, 15) is 4.79 Å². The number of hydrogen-bond acceptors (Lipinski definition) is 3. The second kappa shape index (κ2) is 4.16. The fourth-order valence-electron chi connectivity index (χ4n) is 1.66. The van der Waals surface area contributed by atoms with E-state index >= 15 is 0 Å². The topological polar surface area (TPSA) is 52.3 Å². The SMILES string of the molecule is Cc1cc(N)cc(C(=O)OCC2CC2)c1C. The quantitative estimate of drug-likeness (QED) is 0.627. The molecule has 0 aromatic heterocycles. The van der Waals surface area contributed by atoms with Gasteiger partial charge in [-0.3, -0.25) is 0 Å². The van der Waals surface area contributed by atoms with Crippen LogP contribution in [0.25, 0.3) is 0 Å². The monoisotopic (exact) mass is 219 g/mol. The lowest BCUT2D eigenvalue weighted by Crippen LogP contribution is -2.10. The van der Waals surface area contributed by atoms with Gasteiger partial charge in [0.15, 0.2) is 0 Å². The average molecular weight is 219 g/mol. The first kappa shape index (κ1) is 11.0. The number of carbonyl (C=O) groups is 1. The highest BCUT2D eigenvalue weighted by molar-refractivity contribution is 5.92. The molecule has 2 rings (SSSR count). The van der Waals surface area contributed by atoms with E-state index < -0.39 is 0 Å². The highest BCUT2D eigenvalue weighted by Gasteiger charge is 2.24. The maximum Gasteiger partial charge on any atom is 0.338 e. The molecular formula is C13H17NO2. The van der Waals surface area contributed by atoms with E-state index in [4.69, 9.17) is 10.5 Å². The molecule has 16 heavy (non-hydrogen) atoms. The molecular weight excluding hydrogens is 202 g/mol. The predicted octanol–water partition coefficient (Wildman–Crippen LogP) is 2.45. The van der Waals surface area contributed by atoms with Crippen molar-refractivity contribution >= 4 is 11.7 Å². The molecule has 0 spiro atoms. The van der Waals surface area contributed by atoms with Crippen LogP contribution in [0.5, 0.6) is 0 Å². The first-order valence-corrected chi connectivity index (χ1v) is 5.62. The molecule has 0 unspecified atom stereocenters. The first-order chi connectivity index (χ1) is 7.58. The number of esters is 1. The Morgan fingerprint density at radius 2 is 2.12 bits per heavy atom. The van der Waals surface area contributed by atoms with Crippen LogP contribution in [0.4, 0.5) is 5.69 Å². The number of anilines is 1. The molecule has 0 amide bonds. The molecule has 0 atom stereocenters. The summed E-state index contributed by atoms with van der Waals surface area (Å²) in [5.74, 6) is 0.339. The van der Waals surface area contributed by atoms with Crippen molar-refractivity contribution < 1.29 is 9.53 Å². The summed E-state index contributed by atoms with van der Waals surface area (Å²) in [5, 5.41) is 0. The Morgan fingerprint density at radius 1 is 1.44 bits per heavy atom. The highest BCUT2D eigenvalue weighted by atomic mass is 16.5. The molecule has 0 saturated heterocycles. The van der Waals surface area contributed by atoms with Gasteiger partial charge in [0, 0.05) is 5.69 Å². The number of ether oxygens (including phenoxy) is 1. The van der Waals surface area contributed by atoms with Crippen molar-refractivity contribution in [3.05, 3.63) is 28.8 Å². The Balaban J connectivity index is 2.14. The van der Waals surface area contributed by atoms with Gasteiger partial charge in [-0.2, -0.15) is 0 Å². The maximum absolute atomic E-state index is 11.8. The molecule has 1 aliphatic carbocycles. The van der Waals surface area contributed by atoms with Crippen LogP contribution in [0.1, 0.15) is 34.3 Å². The third kappa shape index (κ3) is 2.35. The van der Waals surface area contributed by atoms with Crippen molar-refractivity contribution in [2.45, 2.75) is 26.7 Å². The second-order valence-corrected chi connectivity index (χ2v) is 4.55. The predicted molar refractivity (Wildman–Crippen MR) is 63.3 cm³/mol. The second-order valence-electron chi connectivity index (χ2n) is 4.55. The van der Waals surface area contributed by atoms with Gasteiger partial charge in [-0.15, -0.1) is 0 Å². The first-order valence-electron chi connectivity index (χ1n) is 5.62. The number of hydrogen-bond donors (Lipinski definition) is 1. The third-order valence-electron chi connectivity index (χ3n) is 3.06. The Morgan fingerprint density at radius 3 is 2.75 bits per heavy atom. The van der Waals surface area contributed by atoms with Gasteiger partial charge >= 0.3 is 5.97 Å². The van der Waals surface area contributed by atoms with Crippen LogP contribution in [0, 0.1) is 19.8 Å². The molecule has 0 aliphatic heterocycles. The molecule has 2 N–H and O–H groups in total. The van der Waals surface area contributed by atoms with Crippen LogP contribution in [-0.4, -0.2) is 12.6 Å². The number of aryl methyl sites for hydroxylation is 1. The number of carbonyl (C=O) groups excluding carboxylic acids is 1. The Labute approximate surface area is 95.6 Å². The van der Waals surface area contributed by atoms with Crippen molar-refractivity contribution in [3.8, 4) is 0 Å². The van der Waals surface area contributed by atoms with E-state index in [1.54, 1.807) is 6.07 Å². The largest absolute Gasteiger partial charge is 0.462 e. The molecule has 0 radical (unpaired) electrons. The Kier molecular flexibility index (Phi) is 2.86. The summed E-state index contributed by atoms with van der Waals surface area (Å²) in [7, 11) is 0. The van der Waals surface area contributed by atoms with Gasteiger partial charge in [-0.25, -0.2) is 4.79 Å². The molecule has 0 bridgehead atoms. The molecule has 1 aromatic carbocycles. The minimum Gasteiger partial charge on any atom is -0.462 e. The summed E-state index contributed by atoms with van der Waals surface area (Å²) in [6.45, 7) is 4.41. The molecule has 0 heterocycles. The van der Waals surface area contributed by atoms with E-state index in [0.717, 1.165) is 11.1 Å². The lowest BCUT2D eigenvalue weighted by Gasteiger charge is -2.10. The van der Waals surface area contributed by atoms with E-state index in [0.29, 0.717) is 23.8 Å². The average Bonchev–Trinajstić information content (AvgIpc) is 3.03. The summed E-state index contributed by atoms with van der Waals surface area (Å²) in [6.07, 6.45) is 2.37. The Bertz CT molecular complexity index is 422. The fourth-order valence-corrected chi connectivity index (χ4v) is 1.66. The number of nitrogen functional groups attached to an aromatic ring is 1. The van der Waals surface area contributed by atoms with E-state index in [2.05, 4.69) is 0 Å². The van der Waals surface area contributed by atoms with Crippen LogP contribution < -0.4 is 5.73 Å². The van der Waals surface area contributed by atoms with Gasteiger partial charge in [-0.1, -0.05) is 0 Å². The van der Waals surface area contributed by atoms with Crippen LogP contribution >= 0.6 is 0 Å². The van der Waals surface area contributed by atoms with E-state index in [1.807, 2.05) is 19.9 Å². The maximum atomic E-state index is 11.8. The molecule has 1 aliphatic rings. The standard InChI is InChI=1S/C13H17NO2/c1-8-5-11(14)6-12(9(8)2)13(15)16-7-10-3-4-10/h5-6,10H,3-4,7,14H2,1-2H3. The minimum absolute atomic E-state index is 0.250. The van der Waals surface area contributed by atoms with Gasteiger partial charge in [-0.05, 0) is 55.9 Å². The van der Waals surface area contributed by atoms with Crippen LogP contribution in [-0.2, 0) is 4.74 Å². The number of rotatable bonds is 3. The van der Waals surface area contributed by atoms with Crippen molar-refractivity contribution in [1.29, 1.82) is 0 Å². The Hall–Kier alpha value is -1.51. The molecule has 3 heteroatoms. The third-order valence-corrected chi connectivity index (χ3v) is 3.06. The van der Waals surface area contributed by atoms with Crippen molar-refractivity contribution in [1.82, 2.24) is 0 Å². The smallest absolute Gasteiger partial charge is 0.338 e. The van der Waals surface area contributed by atoms with Crippen molar-refractivity contribution in [2.75, 3.05) is 12.3 Å². The van der Waals surface area contributed by atoms with Crippen LogP contribution in [0.2, 0.25) is 0 Å². The summed E-state index contributed by atoms with van der Waals surface area (Å²) in [6, 6.07) is 3.56. The number of benzene rings is 1. The molecule has 3 nitrogen and oxygen atoms in total. The normalized spacial score (nSPS) is 14.9. The molecule has 1 saturated carbocycles. The zero-order chi connectivity index (χ0) is 11.7. The van der Waals surface area contributed by atoms with Gasteiger partial charge in [0.2, 0.25) is 0 Å². The molecule has 1 fully saturated rings. The zero-order valence-corrected chi connectivity index (χ0v) is 9.75. The van der Waals surface area contributed by atoms with Crippen LogP contribution in [0.3, 0.4) is 0 Å². The van der Waals surface area contributed by atoms with Crippen molar-refractivity contribution in [2.24, 2.45) is 5.92 Å². The van der Waals surface area contributed by atoms with E-state index in [1.165, 1.54) is 12.8 Å². The van der Waals surface area contributed by atoms with Gasteiger partial charge in [0.25, 0.3) is 0 Å². The lowest BCUT2D eigenvalue weighted by atomic mass is 10.0. The summed E-state index contributed by atoms with van der Waals surface area (Å²) >= 11 is 0. The van der Waals surface area contributed by atoms with Crippen LogP contribution in [0.15, 0.2) is 12.1 Å².